The zero-order valence-electron chi connectivity index (χ0n) is 12.3. The highest BCUT2D eigenvalue weighted by Crippen LogP contribution is 2.38. The lowest BCUT2D eigenvalue weighted by atomic mass is 9.93. The number of nitrogens with one attached hydrogen (secondary N) is 1. The normalized spacial score (nSPS) is 33.1. The molecular weight excluding hydrogens is 272 g/mol. The summed E-state index contributed by atoms with van der Waals surface area (Å²) >= 11 is 0. The summed E-state index contributed by atoms with van der Waals surface area (Å²) in [5.74, 6) is 0.519. The van der Waals surface area contributed by atoms with E-state index in [0.29, 0.717) is 24.9 Å². The molecule has 3 unspecified atom stereocenters. The first-order chi connectivity index (χ1) is 10.1. The second kappa shape index (κ2) is 6.32. The molecule has 2 N–H and O–H groups in total. The van der Waals surface area contributed by atoms with Crippen LogP contribution in [-0.2, 0) is 14.3 Å². The number of carbonyl (C=O) groups excluding carboxylic acids is 1. The summed E-state index contributed by atoms with van der Waals surface area (Å²) < 4.78 is 5.31. The van der Waals surface area contributed by atoms with Crippen LogP contribution in [0.2, 0.25) is 0 Å². The fourth-order valence-corrected chi connectivity index (χ4v) is 4.09. The van der Waals surface area contributed by atoms with Gasteiger partial charge in [-0.15, -0.1) is 0 Å². The number of rotatable bonds is 4. The Balaban J connectivity index is 1.48. The van der Waals surface area contributed by atoms with Crippen molar-refractivity contribution in [3.05, 3.63) is 0 Å². The number of hydrogen-bond acceptors (Lipinski definition) is 4. The van der Waals surface area contributed by atoms with E-state index in [0.717, 1.165) is 19.4 Å². The monoisotopic (exact) mass is 296 g/mol. The highest BCUT2D eigenvalue weighted by atomic mass is 16.5. The van der Waals surface area contributed by atoms with Crippen molar-refractivity contribution in [3.8, 4) is 0 Å². The molecule has 0 aromatic heterocycles. The Morgan fingerprint density at radius 3 is 2.67 bits per heavy atom. The van der Waals surface area contributed by atoms with Crippen molar-refractivity contribution in [2.75, 3.05) is 26.2 Å². The van der Waals surface area contributed by atoms with E-state index in [2.05, 4.69) is 5.32 Å². The van der Waals surface area contributed by atoms with Crippen molar-refractivity contribution in [2.24, 2.45) is 11.8 Å². The van der Waals surface area contributed by atoms with Crippen LogP contribution in [0.15, 0.2) is 0 Å². The van der Waals surface area contributed by atoms with Gasteiger partial charge in [-0.2, -0.15) is 0 Å². The van der Waals surface area contributed by atoms with E-state index in [1.54, 1.807) is 0 Å². The molecule has 118 valence electrons. The molecule has 0 aromatic carbocycles. The highest BCUT2D eigenvalue weighted by molar-refractivity contribution is 5.82. The van der Waals surface area contributed by atoms with Gasteiger partial charge in [0.1, 0.15) is 6.61 Å². The van der Waals surface area contributed by atoms with Gasteiger partial charge >= 0.3 is 5.97 Å². The van der Waals surface area contributed by atoms with Gasteiger partial charge in [-0.25, -0.2) is 4.79 Å². The number of carbonyl (C=O) groups is 2. The molecule has 6 nitrogen and oxygen atoms in total. The minimum atomic E-state index is -0.934. The number of aliphatic carboxylic acids is 1. The Bertz CT molecular complexity index is 406. The molecule has 2 aliphatic heterocycles. The van der Waals surface area contributed by atoms with Gasteiger partial charge in [0.15, 0.2) is 0 Å². The largest absolute Gasteiger partial charge is 0.480 e. The van der Waals surface area contributed by atoms with Crippen LogP contribution in [0.3, 0.4) is 0 Å². The van der Waals surface area contributed by atoms with Gasteiger partial charge in [0.2, 0.25) is 5.91 Å². The summed E-state index contributed by atoms with van der Waals surface area (Å²) in [6.07, 6.45) is 5.13. The first-order valence-corrected chi connectivity index (χ1v) is 8.00. The first-order valence-electron chi connectivity index (χ1n) is 8.00. The molecule has 1 saturated carbocycles. The molecule has 3 rings (SSSR count). The van der Waals surface area contributed by atoms with Crippen molar-refractivity contribution in [1.82, 2.24) is 10.2 Å². The molecule has 3 atom stereocenters. The van der Waals surface area contributed by atoms with E-state index < -0.39 is 5.97 Å². The maximum Gasteiger partial charge on any atom is 0.329 e. The Labute approximate surface area is 124 Å². The second-order valence-electron chi connectivity index (χ2n) is 6.47. The van der Waals surface area contributed by atoms with Gasteiger partial charge in [-0.3, -0.25) is 4.79 Å². The third-order valence-electron chi connectivity index (χ3n) is 5.21. The number of piperidine rings is 1. The van der Waals surface area contributed by atoms with E-state index in [-0.39, 0.29) is 24.7 Å². The van der Waals surface area contributed by atoms with E-state index in [1.807, 2.05) is 4.90 Å². The van der Waals surface area contributed by atoms with Crippen LogP contribution in [-0.4, -0.2) is 60.3 Å². The highest BCUT2D eigenvalue weighted by Gasteiger charge is 2.44. The van der Waals surface area contributed by atoms with Gasteiger partial charge in [0.05, 0.1) is 12.1 Å². The van der Waals surface area contributed by atoms with E-state index in [9.17, 15) is 9.59 Å². The molecule has 2 heterocycles. The quantitative estimate of drug-likeness (QED) is 0.788. The molecule has 21 heavy (non-hydrogen) atoms. The Morgan fingerprint density at radius 2 is 1.95 bits per heavy atom. The van der Waals surface area contributed by atoms with Gasteiger partial charge in [0.25, 0.3) is 0 Å². The van der Waals surface area contributed by atoms with Crippen molar-refractivity contribution in [2.45, 2.75) is 44.2 Å². The Kier molecular flexibility index (Phi) is 4.45. The molecule has 6 heteroatoms. The molecule has 0 radical (unpaired) electrons. The maximum atomic E-state index is 12.6. The lowest BCUT2D eigenvalue weighted by molar-refractivity contribution is -0.147. The number of carboxylic acid groups (broad SMARTS) is 1. The topological polar surface area (TPSA) is 78.9 Å². The number of fused-ring (bicyclic) bond motifs is 1. The third kappa shape index (κ3) is 3.21. The first kappa shape index (κ1) is 14.8. The van der Waals surface area contributed by atoms with E-state index >= 15 is 0 Å². The fourth-order valence-electron chi connectivity index (χ4n) is 4.09. The van der Waals surface area contributed by atoms with Crippen LogP contribution in [0.4, 0.5) is 0 Å². The summed E-state index contributed by atoms with van der Waals surface area (Å²) in [5, 5.41) is 12.0. The zero-order chi connectivity index (χ0) is 14.8. The van der Waals surface area contributed by atoms with Crippen LogP contribution in [0, 0.1) is 11.8 Å². The molecule has 3 aliphatic rings. The molecule has 2 saturated heterocycles. The molecule has 3 fully saturated rings. The number of hydrogen-bond donors (Lipinski definition) is 2. The SMILES string of the molecule is O=C(O)COC1CCN(C(=O)C2NCC3CCCC32)CC1. The lowest BCUT2D eigenvalue weighted by Crippen LogP contribution is -2.50. The summed E-state index contributed by atoms with van der Waals surface area (Å²) in [7, 11) is 0. The number of carboxylic acids is 1. The molecule has 0 aromatic rings. The molecular formula is C15H24N2O4. The Hall–Kier alpha value is -1.14. The zero-order valence-corrected chi connectivity index (χ0v) is 12.3. The third-order valence-corrected chi connectivity index (χ3v) is 5.21. The summed E-state index contributed by atoms with van der Waals surface area (Å²) in [5.41, 5.74) is 0. The lowest BCUT2D eigenvalue weighted by Gasteiger charge is -2.34. The minimum Gasteiger partial charge on any atom is -0.480 e. The Morgan fingerprint density at radius 1 is 1.19 bits per heavy atom. The molecule has 0 spiro atoms. The summed E-state index contributed by atoms with van der Waals surface area (Å²) in [6.45, 7) is 2.10. The van der Waals surface area contributed by atoms with Gasteiger partial charge in [0, 0.05) is 13.1 Å². The van der Waals surface area contributed by atoms with Crippen molar-refractivity contribution >= 4 is 11.9 Å². The molecule has 0 bridgehead atoms. The maximum absolute atomic E-state index is 12.6. The van der Waals surface area contributed by atoms with Crippen LogP contribution < -0.4 is 5.32 Å². The predicted molar refractivity (Wildman–Crippen MR) is 75.8 cm³/mol. The van der Waals surface area contributed by atoms with Crippen LogP contribution >= 0.6 is 0 Å². The minimum absolute atomic E-state index is 0.00832. The average molecular weight is 296 g/mol. The van der Waals surface area contributed by atoms with Crippen molar-refractivity contribution in [1.29, 1.82) is 0 Å². The summed E-state index contributed by atoms with van der Waals surface area (Å²) in [4.78, 5) is 25.1. The van der Waals surface area contributed by atoms with Crippen LogP contribution in [0.5, 0.6) is 0 Å². The number of likely N-dealkylation sites (tertiary alicyclic amines) is 1. The summed E-state index contributed by atoms with van der Waals surface area (Å²) in [6, 6.07) is 0.00832. The number of amides is 1. The second-order valence-corrected chi connectivity index (χ2v) is 6.47. The van der Waals surface area contributed by atoms with E-state index in [4.69, 9.17) is 9.84 Å². The molecule has 1 amide bonds. The van der Waals surface area contributed by atoms with E-state index in [1.165, 1.54) is 19.3 Å². The standard InChI is InChI=1S/C15H24N2O4/c18-13(19)9-21-11-4-6-17(7-5-11)15(20)14-12-3-1-2-10(12)8-16-14/h10-12,14,16H,1-9H2,(H,18,19). The van der Waals surface area contributed by atoms with Crippen molar-refractivity contribution in [3.63, 3.8) is 0 Å². The van der Waals surface area contributed by atoms with Crippen molar-refractivity contribution < 1.29 is 19.4 Å². The van der Waals surface area contributed by atoms with Gasteiger partial charge in [-0.1, -0.05) is 6.42 Å². The van der Waals surface area contributed by atoms with Gasteiger partial charge < -0.3 is 20.1 Å². The average Bonchev–Trinajstić information content (AvgIpc) is 3.07. The smallest absolute Gasteiger partial charge is 0.329 e. The van der Waals surface area contributed by atoms with Gasteiger partial charge in [-0.05, 0) is 44.1 Å². The fraction of sp³-hybridized carbons (Fsp3) is 0.867. The number of ether oxygens (including phenoxy) is 1. The van der Waals surface area contributed by atoms with Crippen LogP contribution in [0.1, 0.15) is 32.1 Å². The number of nitrogens with zero attached hydrogens (tertiary/aromatic N) is 1. The predicted octanol–water partition coefficient (Wildman–Crippen LogP) is 0.467. The molecule has 1 aliphatic carbocycles. The van der Waals surface area contributed by atoms with Crippen LogP contribution in [0.25, 0.3) is 0 Å².